The topological polar surface area (TPSA) is 41.1 Å². The second kappa shape index (κ2) is 7.48. The van der Waals surface area contributed by atoms with E-state index in [0.29, 0.717) is 12.5 Å². The third-order valence-electron chi connectivity index (χ3n) is 4.16. The van der Waals surface area contributed by atoms with Crippen molar-refractivity contribution >= 4 is 6.03 Å². The maximum atomic E-state index is 12.0. The molecule has 2 rings (SSSR count). The van der Waals surface area contributed by atoms with E-state index >= 15 is 0 Å². The van der Waals surface area contributed by atoms with Gasteiger partial charge in [-0.1, -0.05) is 39.0 Å². The Morgan fingerprint density at radius 2 is 1.90 bits per heavy atom. The van der Waals surface area contributed by atoms with Crippen molar-refractivity contribution in [2.75, 3.05) is 6.54 Å². The third kappa shape index (κ3) is 4.48. The van der Waals surface area contributed by atoms with E-state index in [1.165, 1.54) is 42.4 Å². The smallest absolute Gasteiger partial charge is 0.315 e. The minimum absolute atomic E-state index is 0.0618. The predicted octanol–water partition coefficient (Wildman–Crippen LogP) is 3.97. The molecule has 0 bridgehead atoms. The van der Waals surface area contributed by atoms with Gasteiger partial charge in [0.1, 0.15) is 0 Å². The molecule has 116 valence electrons. The summed E-state index contributed by atoms with van der Waals surface area (Å²) in [5.41, 5.74) is 4.20. The van der Waals surface area contributed by atoms with Crippen molar-refractivity contribution in [2.45, 2.75) is 58.9 Å². The summed E-state index contributed by atoms with van der Waals surface area (Å²) in [4.78, 5) is 12.0. The van der Waals surface area contributed by atoms with Crippen LogP contribution in [-0.4, -0.2) is 12.6 Å². The summed E-state index contributed by atoms with van der Waals surface area (Å²) in [5, 5.41) is 6.02. The number of benzene rings is 1. The Morgan fingerprint density at radius 1 is 1.19 bits per heavy atom. The van der Waals surface area contributed by atoms with E-state index in [1.54, 1.807) is 0 Å². The van der Waals surface area contributed by atoms with Crippen LogP contribution in [0.4, 0.5) is 4.79 Å². The zero-order chi connectivity index (χ0) is 15.2. The summed E-state index contributed by atoms with van der Waals surface area (Å²) in [6.07, 6.45) is 5.89. The van der Waals surface area contributed by atoms with Crippen LogP contribution in [0.25, 0.3) is 0 Å². The highest BCUT2D eigenvalue weighted by atomic mass is 16.2. The molecular formula is C18H28N2O. The quantitative estimate of drug-likeness (QED) is 0.845. The molecule has 0 spiro atoms. The minimum Gasteiger partial charge on any atom is -0.338 e. The number of hydrogen-bond acceptors (Lipinski definition) is 1. The number of carbonyl (C=O) groups is 1. The fourth-order valence-electron chi connectivity index (χ4n) is 2.90. The number of urea groups is 1. The van der Waals surface area contributed by atoms with Crippen molar-refractivity contribution in [3.8, 4) is 0 Å². The molecule has 1 unspecified atom stereocenters. The molecule has 1 atom stereocenters. The van der Waals surface area contributed by atoms with Crippen LogP contribution in [-0.2, 0) is 12.8 Å². The van der Waals surface area contributed by atoms with Gasteiger partial charge in [0.25, 0.3) is 0 Å². The molecule has 3 nitrogen and oxygen atoms in total. The highest BCUT2D eigenvalue weighted by Gasteiger charge is 2.16. The molecule has 1 aromatic carbocycles. The first kappa shape index (κ1) is 15.9. The van der Waals surface area contributed by atoms with Gasteiger partial charge in [0.2, 0.25) is 0 Å². The van der Waals surface area contributed by atoms with Crippen molar-refractivity contribution in [1.82, 2.24) is 10.6 Å². The number of aryl methyl sites for hydroxylation is 2. The van der Waals surface area contributed by atoms with Crippen LogP contribution in [0.5, 0.6) is 0 Å². The summed E-state index contributed by atoms with van der Waals surface area (Å²) in [6, 6.07) is 6.77. The lowest BCUT2D eigenvalue weighted by molar-refractivity contribution is 0.235. The second-order valence-electron chi connectivity index (χ2n) is 6.44. The highest BCUT2D eigenvalue weighted by molar-refractivity contribution is 5.74. The first-order chi connectivity index (χ1) is 10.1. The minimum atomic E-state index is -0.0618. The lowest BCUT2D eigenvalue weighted by atomic mass is 9.89. The SMILES string of the molecule is CCC(NC(=O)NCC(C)C)c1ccc2c(c1)CCCC2. The summed E-state index contributed by atoms with van der Waals surface area (Å²) >= 11 is 0. The van der Waals surface area contributed by atoms with Gasteiger partial charge in [0.05, 0.1) is 6.04 Å². The average Bonchev–Trinajstić information content (AvgIpc) is 2.50. The molecule has 1 aliphatic carbocycles. The van der Waals surface area contributed by atoms with Gasteiger partial charge in [-0.3, -0.25) is 0 Å². The van der Waals surface area contributed by atoms with E-state index in [-0.39, 0.29) is 12.1 Å². The van der Waals surface area contributed by atoms with Crippen LogP contribution in [0.15, 0.2) is 18.2 Å². The molecule has 3 heteroatoms. The number of rotatable bonds is 5. The Labute approximate surface area is 128 Å². The number of hydrogen-bond donors (Lipinski definition) is 2. The molecule has 0 aromatic heterocycles. The van der Waals surface area contributed by atoms with Gasteiger partial charge in [0, 0.05) is 6.54 Å². The molecule has 0 fully saturated rings. The molecule has 0 saturated heterocycles. The van der Waals surface area contributed by atoms with Gasteiger partial charge >= 0.3 is 6.03 Å². The van der Waals surface area contributed by atoms with E-state index in [2.05, 4.69) is 49.6 Å². The van der Waals surface area contributed by atoms with E-state index in [0.717, 1.165) is 6.42 Å². The number of fused-ring (bicyclic) bond motifs is 1. The van der Waals surface area contributed by atoms with Crippen molar-refractivity contribution in [2.24, 2.45) is 5.92 Å². The Kier molecular flexibility index (Phi) is 5.66. The maximum absolute atomic E-state index is 12.0. The summed E-state index contributed by atoms with van der Waals surface area (Å²) in [6.45, 7) is 7.03. The molecule has 0 aliphatic heterocycles. The highest BCUT2D eigenvalue weighted by Crippen LogP contribution is 2.25. The number of carbonyl (C=O) groups excluding carboxylic acids is 1. The van der Waals surface area contributed by atoms with Crippen LogP contribution in [0.2, 0.25) is 0 Å². The summed E-state index contributed by atoms with van der Waals surface area (Å²) in [7, 11) is 0. The van der Waals surface area contributed by atoms with Gasteiger partial charge in [-0.2, -0.15) is 0 Å². The Morgan fingerprint density at radius 3 is 2.57 bits per heavy atom. The average molecular weight is 288 g/mol. The van der Waals surface area contributed by atoms with Crippen molar-refractivity contribution < 1.29 is 4.79 Å². The zero-order valence-electron chi connectivity index (χ0n) is 13.5. The van der Waals surface area contributed by atoms with Crippen LogP contribution >= 0.6 is 0 Å². The lowest BCUT2D eigenvalue weighted by Gasteiger charge is -2.22. The molecule has 0 radical (unpaired) electrons. The molecular weight excluding hydrogens is 260 g/mol. The second-order valence-corrected chi connectivity index (χ2v) is 6.44. The standard InChI is InChI=1S/C18H28N2O/c1-4-17(20-18(21)19-12-13(2)3)16-10-9-14-7-5-6-8-15(14)11-16/h9-11,13,17H,4-8,12H2,1-3H3,(H2,19,20,21). The molecule has 21 heavy (non-hydrogen) atoms. The Balaban J connectivity index is 2.01. The van der Waals surface area contributed by atoms with Gasteiger partial charge in [-0.05, 0) is 54.7 Å². The first-order valence-corrected chi connectivity index (χ1v) is 8.26. The molecule has 2 amide bonds. The van der Waals surface area contributed by atoms with E-state index in [4.69, 9.17) is 0 Å². The van der Waals surface area contributed by atoms with Gasteiger partial charge in [-0.25, -0.2) is 4.79 Å². The number of nitrogens with one attached hydrogen (secondary N) is 2. The fourth-order valence-corrected chi connectivity index (χ4v) is 2.90. The van der Waals surface area contributed by atoms with E-state index in [1.807, 2.05) is 0 Å². The summed E-state index contributed by atoms with van der Waals surface area (Å²) < 4.78 is 0. The molecule has 1 aliphatic rings. The Bertz CT molecular complexity index is 482. The van der Waals surface area contributed by atoms with Crippen LogP contribution < -0.4 is 10.6 Å². The first-order valence-electron chi connectivity index (χ1n) is 8.26. The maximum Gasteiger partial charge on any atom is 0.315 e. The van der Waals surface area contributed by atoms with Crippen molar-refractivity contribution in [3.63, 3.8) is 0 Å². The van der Waals surface area contributed by atoms with Crippen LogP contribution in [0.1, 0.15) is 62.8 Å². The largest absolute Gasteiger partial charge is 0.338 e. The Hall–Kier alpha value is -1.51. The lowest BCUT2D eigenvalue weighted by Crippen LogP contribution is -2.39. The van der Waals surface area contributed by atoms with Gasteiger partial charge < -0.3 is 10.6 Å². The van der Waals surface area contributed by atoms with E-state index < -0.39 is 0 Å². The summed E-state index contributed by atoms with van der Waals surface area (Å²) in [5.74, 6) is 0.472. The van der Waals surface area contributed by atoms with Gasteiger partial charge in [-0.15, -0.1) is 0 Å². The molecule has 0 heterocycles. The normalized spacial score (nSPS) is 15.4. The molecule has 1 aromatic rings. The number of amides is 2. The van der Waals surface area contributed by atoms with E-state index in [9.17, 15) is 4.79 Å². The fraction of sp³-hybridized carbons (Fsp3) is 0.611. The van der Waals surface area contributed by atoms with Gasteiger partial charge in [0.15, 0.2) is 0 Å². The van der Waals surface area contributed by atoms with Crippen molar-refractivity contribution in [1.29, 1.82) is 0 Å². The molecule has 0 saturated carbocycles. The third-order valence-corrected chi connectivity index (χ3v) is 4.16. The van der Waals surface area contributed by atoms with Crippen molar-refractivity contribution in [3.05, 3.63) is 34.9 Å². The predicted molar refractivity (Wildman–Crippen MR) is 87.5 cm³/mol. The zero-order valence-corrected chi connectivity index (χ0v) is 13.5. The van der Waals surface area contributed by atoms with Crippen LogP contribution in [0.3, 0.4) is 0 Å². The monoisotopic (exact) mass is 288 g/mol. The molecule has 2 N–H and O–H groups in total. The van der Waals surface area contributed by atoms with Crippen LogP contribution in [0, 0.1) is 5.92 Å².